The van der Waals surface area contributed by atoms with Gasteiger partial charge < -0.3 is 4.74 Å². The number of rotatable bonds is 5. The third kappa shape index (κ3) is 5.84. The second-order valence-electron chi connectivity index (χ2n) is 2.14. The molecule has 0 aromatic rings. The van der Waals surface area contributed by atoms with Gasteiger partial charge in [0.15, 0.2) is 0 Å². The Balaban J connectivity index is 2.88. The fourth-order valence-corrected chi connectivity index (χ4v) is 0.478. The Kier molecular flexibility index (Phi) is 6.06. The van der Waals surface area contributed by atoms with Crippen molar-refractivity contribution in [1.29, 1.82) is 0 Å². The van der Waals surface area contributed by atoms with Crippen molar-refractivity contribution in [2.45, 2.75) is 32.3 Å². The van der Waals surface area contributed by atoms with E-state index in [1.54, 1.807) is 0 Å². The van der Waals surface area contributed by atoms with Crippen LogP contribution >= 0.6 is 0 Å². The van der Waals surface area contributed by atoms with E-state index in [1.165, 1.54) is 6.42 Å². The molecule has 1 unspecified atom stereocenters. The summed E-state index contributed by atoms with van der Waals surface area (Å²) in [5.74, 6) is 0. The Morgan fingerprint density at radius 2 is 2.22 bits per heavy atom. The van der Waals surface area contributed by atoms with Gasteiger partial charge in [-0.05, 0) is 19.8 Å². The topological polar surface area (TPSA) is 9.23 Å². The van der Waals surface area contributed by atoms with Crippen molar-refractivity contribution >= 4 is 0 Å². The molecule has 2 radical (unpaired) electrons. The van der Waals surface area contributed by atoms with Crippen molar-refractivity contribution in [1.82, 2.24) is 0 Å². The van der Waals surface area contributed by atoms with Gasteiger partial charge in [-0.15, -0.1) is 0 Å². The zero-order chi connectivity index (χ0) is 7.11. The van der Waals surface area contributed by atoms with E-state index in [4.69, 9.17) is 4.74 Å². The maximum Gasteiger partial charge on any atom is 0.0576 e. The highest BCUT2D eigenvalue weighted by Gasteiger charge is 1.95. The first-order valence-electron chi connectivity index (χ1n) is 3.55. The minimum absolute atomic E-state index is 0.0940. The van der Waals surface area contributed by atoms with Crippen molar-refractivity contribution in [3.8, 4) is 0 Å². The predicted octanol–water partition coefficient (Wildman–Crippen LogP) is 2.23. The molecule has 1 nitrogen and oxygen atoms in total. The summed E-state index contributed by atoms with van der Waals surface area (Å²) in [6, 6.07) is 0. The van der Waals surface area contributed by atoms with Crippen LogP contribution in [0.25, 0.3) is 0 Å². The highest BCUT2D eigenvalue weighted by Crippen LogP contribution is 1.96. The van der Waals surface area contributed by atoms with Crippen LogP contribution in [0.4, 0.5) is 0 Å². The fourth-order valence-electron chi connectivity index (χ4n) is 0.478. The molecule has 1 heteroatoms. The second kappa shape index (κ2) is 6.09. The van der Waals surface area contributed by atoms with Crippen molar-refractivity contribution in [3.63, 3.8) is 0 Å². The first kappa shape index (κ1) is 8.96. The van der Waals surface area contributed by atoms with E-state index in [0.717, 1.165) is 19.4 Å². The normalized spacial score (nSPS) is 13.7. The van der Waals surface area contributed by atoms with Crippen molar-refractivity contribution in [2.24, 2.45) is 0 Å². The molecule has 0 saturated heterocycles. The van der Waals surface area contributed by atoms with E-state index >= 15 is 0 Å². The molecule has 0 aliphatic rings. The van der Waals surface area contributed by atoms with Crippen molar-refractivity contribution in [2.75, 3.05) is 6.61 Å². The Labute approximate surface area is 58.4 Å². The maximum absolute atomic E-state index is 5.26. The highest BCUT2D eigenvalue weighted by molar-refractivity contribution is 4.60. The van der Waals surface area contributed by atoms with Crippen LogP contribution in [0.3, 0.4) is 0 Å². The van der Waals surface area contributed by atoms with Gasteiger partial charge in [-0.2, -0.15) is 0 Å². The first-order valence-corrected chi connectivity index (χ1v) is 3.55. The van der Waals surface area contributed by atoms with Gasteiger partial charge >= 0.3 is 0 Å². The van der Waals surface area contributed by atoms with E-state index in [9.17, 15) is 0 Å². The second-order valence-corrected chi connectivity index (χ2v) is 2.14. The fraction of sp³-hybridized carbons (Fsp3) is 0.750. The molecule has 0 saturated carbocycles. The van der Waals surface area contributed by atoms with Crippen molar-refractivity contribution < 1.29 is 4.74 Å². The van der Waals surface area contributed by atoms with E-state index in [-0.39, 0.29) is 6.10 Å². The molecule has 0 fully saturated rings. The molecule has 54 valence electrons. The number of unbranched alkanes of at least 4 members (excludes halogenated alkanes) is 1. The van der Waals surface area contributed by atoms with Gasteiger partial charge in [0.05, 0.1) is 6.10 Å². The summed E-state index contributed by atoms with van der Waals surface area (Å²) in [6.45, 7) is 10.4. The molecule has 0 spiro atoms. The van der Waals surface area contributed by atoms with Crippen LogP contribution in [-0.4, -0.2) is 12.7 Å². The molecule has 0 aromatic heterocycles. The van der Waals surface area contributed by atoms with Crippen LogP contribution < -0.4 is 0 Å². The molecule has 0 aliphatic carbocycles. The Hall–Kier alpha value is -0.0400. The molecule has 0 rings (SSSR count). The van der Waals surface area contributed by atoms with E-state index in [0.29, 0.717) is 0 Å². The average Bonchev–Trinajstić information content (AvgIpc) is 1.89. The lowest BCUT2D eigenvalue weighted by Crippen LogP contribution is -2.07. The Bertz CT molecular complexity index is 52.5. The summed E-state index contributed by atoms with van der Waals surface area (Å²) >= 11 is 0. The summed E-state index contributed by atoms with van der Waals surface area (Å²) in [7, 11) is 0. The monoisotopic (exact) mass is 128 g/mol. The zero-order valence-electron chi connectivity index (χ0n) is 6.23. The van der Waals surface area contributed by atoms with E-state index in [2.05, 4.69) is 20.8 Å². The standard InChI is InChI=1S/C8H16O/c1-4-6-7-9-8(3)5-2/h8H,2-7H2,1H3. The number of ether oxygens (including phenoxy) is 1. The smallest absolute Gasteiger partial charge is 0.0576 e. The molecular formula is C8H16O. The Morgan fingerprint density at radius 3 is 2.67 bits per heavy atom. The summed E-state index contributed by atoms with van der Waals surface area (Å²) < 4.78 is 5.26. The van der Waals surface area contributed by atoms with Gasteiger partial charge in [-0.3, -0.25) is 0 Å². The van der Waals surface area contributed by atoms with Crippen LogP contribution in [0.5, 0.6) is 0 Å². The lowest BCUT2D eigenvalue weighted by molar-refractivity contribution is 0.0827. The largest absolute Gasteiger partial charge is 0.378 e. The lowest BCUT2D eigenvalue weighted by Gasteiger charge is -2.08. The zero-order valence-corrected chi connectivity index (χ0v) is 6.23. The minimum atomic E-state index is 0.0940. The molecule has 0 aromatic carbocycles. The SMILES string of the molecule is [CH2]CC([CH2])OCCCC. The van der Waals surface area contributed by atoms with Gasteiger partial charge in [-0.1, -0.05) is 20.3 Å². The van der Waals surface area contributed by atoms with E-state index in [1.807, 2.05) is 0 Å². The average molecular weight is 128 g/mol. The first-order chi connectivity index (χ1) is 4.31. The molecule has 1 atom stereocenters. The third-order valence-corrected chi connectivity index (χ3v) is 1.17. The quantitative estimate of drug-likeness (QED) is 0.516. The lowest BCUT2D eigenvalue weighted by atomic mass is 10.3. The van der Waals surface area contributed by atoms with Gasteiger partial charge in [0.25, 0.3) is 0 Å². The van der Waals surface area contributed by atoms with E-state index < -0.39 is 0 Å². The number of hydrogen-bond acceptors (Lipinski definition) is 1. The number of hydrogen-bond donors (Lipinski definition) is 0. The third-order valence-electron chi connectivity index (χ3n) is 1.17. The van der Waals surface area contributed by atoms with Crippen LogP contribution in [0, 0.1) is 13.8 Å². The molecule has 9 heavy (non-hydrogen) atoms. The van der Waals surface area contributed by atoms with Gasteiger partial charge in [0, 0.05) is 6.61 Å². The molecule has 0 N–H and O–H groups in total. The van der Waals surface area contributed by atoms with Crippen molar-refractivity contribution in [3.05, 3.63) is 13.8 Å². The molecule has 0 aliphatic heterocycles. The minimum Gasteiger partial charge on any atom is -0.378 e. The highest BCUT2D eigenvalue weighted by atomic mass is 16.5. The molecule has 0 bridgehead atoms. The van der Waals surface area contributed by atoms with Gasteiger partial charge in [0.1, 0.15) is 0 Å². The van der Waals surface area contributed by atoms with Crippen LogP contribution in [0.1, 0.15) is 26.2 Å². The summed E-state index contributed by atoms with van der Waals surface area (Å²) in [4.78, 5) is 0. The molecular weight excluding hydrogens is 112 g/mol. The summed E-state index contributed by atoms with van der Waals surface area (Å²) in [5, 5.41) is 0. The maximum atomic E-state index is 5.26. The summed E-state index contributed by atoms with van der Waals surface area (Å²) in [6.07, 6.45) is 3.18. The van der Waals surface area contributed by atoms with Crippen LogP contribution in [0.2, 0.25) is 0 Å². The molecule has 0 heterocycles. The Morgan fingerprint density at radius 1 is 1.56 bits per heavy atom. The van der Waals surface area contributed by atoms with Crippen LogP contribution in [-0.2, 0) is 4.74 Å². The summed E-state index contributed by atoms with van der Waals surface area (Å²) in [5.41, 5.74) is 0. The molecule has 0 amide bonds. The predicted molar refractivity (Wildman–Crippen MR) is 40.0 cm³/mol. The van der Waals surface area contributed by atoms with Gasteiger partial charge in [0.2, 0.25) is 0 Å². The van der Waals surface area contributed by atoms with Gasteiger partial charge in [-0.25, -0.2) is 0 Å². The van der Waals surface area contributed by atoms with Crippen LogP contribution in [0.15, 0.2) is 0 Å².